The van der Waals surface area contributed by atoms with Crippen molar-refractivity contribution in [1.82, 2.24) is 4.98 Å². The van der Waals surface area contributed by atoms with Crippen LogP contribution < -0.4 is 4.90 Å². The summed E-state index contributed by atoms with van der Waals surface area (Å²) in [6.45, 7) is 3.10. The zero-order valence-electron chi connectivity index (χ0n) is 6.67. The quantitative estimate of drug-likeness (QED) is 0.625. The molecule has 0 saturated heterocycles. The van der Waals surface area contributed by atoms with Gasteiger partial charge in [0.25, 0.3) is 0 Å². The van der Waals surface area contributed by atoms with Crippen molar-refractivity contribution in [2.45, 2.75) is 6.92 Å². The molecule has 1 heterocycles. The predicted octanol–water partition coefficient (Wildman–Crippen LogP) is 2.32. The van der Waals surface area contributed by atoms with Gasteiger partial charge < -0.3 is 4.90 Å². The third-order valence-electron chi connectivity index (χ3n) is 1.35. The number of aromatic nitrogens is 1. The summed E-state index contributed by atoms with van der Waals surface area (Å²) in [5.74, 6) is 0. The molecule has 4 heteroatoms. The molecule has 1 aromatic heterocycles. The number of thiazole rings is 1. The number of aryl methyl sites for hydroxylation is 1. The summed E-state index contributed by atoms with van der Waals surface area (Å²) in [6, 6.07) is 0. The first-order valence-electron chi connectivity index (χ1n) is 3.43. The first-order chi connectivity index (χ1) is 5.24. The number of halogens is 1. The molecule has 0 unspecified atom stereocenters. The van der Waals surface area contributed by atoms with E-state index in [-0.39, 0.29) is 0 Å². The second-order valence-corrected chi connectivity index (χ2v) is 4.30. The van der Waals surface area contributed by atoms with E-state index in [4.69, 9.17) is 0 Å². The molecule has 0 fully saturated rings. The summed E-state index contributed by atoms with van der Waals surface area (Å²) in [5, 5.41) is 3.21. The molecule has 0 atom stereocenters. The van der Waals surface area contributed by atoms with Gasteiger partial charge in [-0.3, -0.25) is 0 Å². The maximum atomic E-state index is 4.37. The Kier molecular flexibility index (Phi) is 3.58. The molecule has 0 amide bonds. The molecule has 0 radical (unpaired) electrons. The lowest BCUT2D eigenvalue weighted by molar-refractivity contribution is 0.970. The first-order valence-corrected chi connectivity index (χ1v) is 5.84. The highest BCUT2D eigenvalue weighted by Gasteiger charge is 2.02. The molecule has 0 aliphatic rings. The second kappa shape index (κ2) is 4.25. The van der Waals surface area contributed by atoms with E-state index >= 15 is 0 Å². The Morgan fingerprint density at radius 2 is 2.45 bits per heavy atom. The monoisotopic (exact) mass is 282 g/mol. The third-order valence-corrected chi connectivity index (χ3v) is 2.91. The average Bonchev–Trinajstić information content (AvgIpc) is 2.36. The Hall–Kier alpha value is 0.160. The maximum absolute atomic E-state index is 4.37. The minimum Gasteiger partial charge on any atom is -0.350 e. The van der Waals surface area contributed by atoms with Crippen LogP contribution in [0.15, 0.2) is 5.38 Å². The van der Waals surface area contributed by atoms with Crippen LogP contribution in [0.2, 0.25) is 0 Å². The van der Waals surface area contributed by atoms with Crippen molar-refractivity contribution in [1.29, 1.82) is 0 Å². The standard InChI is InChI=1S/C7H11IN2S/c1-6-5-11-7(9-6)10(2)4-3-8/h5H,3-4H2,1-2H3. The molecular formula is C7H11IN2S. The van der Waals surface area contributed by atoms with Gasteiger partial charge in [0.05, 0.1) is 5.69 Å². The van der Waals surface area contributed by atoms with Gasteiger partial charge in [-0.15, -0.1) is 11.3 Å². The van der Waals surface area contributed by atoms with Crippen molar-refractivity contribution in [3.05, 3.63) is 11.1 Å². The number of hydrogen-bond acceptors (Lipinski definition) is 3. The van der Waals surface area contributed by atoms with E-state index in [1.807, 2.05) is 6.92 Å². The van der Waals surface area contributed by atoms with Gasteiger partial charge in [-0.1, -0.05) is 22.6 Å². The summed E-state index contributed by atoms with van der Waals surface area (Å²) < 4.78 is 1.15. The zero-order valence-corrected chi connectivity index (χ0v) is 9.65. The van der Waals surface area contributed by atoms with E-state index in [0.717, 1.165) is 21.8 Å². The summed E-state index contributed by atoms with van der Waals surface area (Å²) in [4.78, 5) is 6.55. The third kappa shape index (κ3) is 2.59. The van der Waals surface area contributed by atoms with E-state index in [9.17, 15) is 0 Å². The number of hydrogen-bond donors (Lipinski definition) is 0. The fourth-order valence-corrected chi connectivity index (χ4v) is 2.26. The Morgan fingerprint density at radius 1 is 1.73 bits per heavy atom. The Balaban J connectivity index is 2.60. The zero-order chi connectivity index (χ0) is 8.27. The number of alkyl halides is 1. The van der Waals surface area contributed by atoms with Crippen molar-refractivity contribution in [3.8, 4) is 0 Å². The topological polar surface area (TPSA) is 16.1 Å². The smallest absolute Gasteiger partial charge is 0.185 e. The van der Waals surface area contributed by atoms with Gasteiger partial charge in [0.1, 0.15) is 0 Å². The fourth-order valence-electron chi connectivity index (χ4n) is 0.739. The average molecular weight is 282 g/mol. The van der Waals surface area contributed by atoms with Crippen molar-refractivity contribution < 1.29 is 0 Å². The summed E-state index contributed by atoms with van der Waals surface area (Å²) in [6.07, 6.45) is 0. The SMILES string of the molecule is Cc1csc(N(C)CCI)n1. The molecule has 0 aliphatic carbocycles. The Bertz CT molecular complexity index is 224. The van der Waals surface area contributed by atoms with Gasteiger partial charge in [0.15, 0.2) is 5.13 Å². The Labute approximate surface area is 84.8 Å². The summed E-state index contributed by atoms with van der Waals surface area (Å²) in [5.41, 5.74) is 1.12. The highest BCUT2D eigenvalue weighted by atomic mass is 127. The number of anilines is 1. The van der Waals surface area contributed by atoms with E-state index in [0.29, 0.717) is 0 Å². The molecule has 11 heavy (non-hydrogen) atoms. The van der Waals surface area contributed by atoms with Crippen LogP contribution in [-0.2, 0) is 0 Å². The molecule has 0 aromatic carbocycles. The molecule has 0 bridgehead atoms. The van der Waals surface area contributed by atoms with Crippen LogP contribution in [0, 0.1) is 6.92 Å². The van der Waals surface area contributed by atoms with Crippen LogP contribution >= 0.6 is 33.9 Å². The normalized spacial score (nSPS) is 10.1. The van der Waals surface area contributed by atoms with Crippen LogP contribution in [0.3, 0.4) is 0 Å². The molecule has 1 aromatic rings. The van der Waals surface area contributed by atoms with Crippen molar-refractivity contribution in [2.24, 2.45) is 0 Å². The van der Waals surface area contributed by atoms with Crippen molar-refractivity contribution >= 4 is 39.1 Å². The minimum absolute atomic E-state index is 1.08. The van der Waals surface area contributed by atoms with Gasteiger partial charge in [0, 0.05) is 23.4 Å². The van der Waals surface area contributed by atoms with Gasteiger partial charge in [-0.2, -0.15) is 0 Å². The molecule has 0 aliphatic heterocycles. The molecule has 1 rings (SSSR count). The molecule has 2 nitrogen and oxygen atoms in total. The van der Waals surface area contributed by atoms with Crippen LogP contribution in [-0.4, -0.2) is 23.0 Å². The summed E-state index contributed by atoms with van der Waals surface area (Å²) in [7, 11) is 2.08. The highest BCUT2D eigenvalue weighted by Crippen LogP contribution is 2.18. The van der Waals surface area contributed by atoms with E-state index in [1.165, 1.54) is 0 Å². The van der Waals surface area contributed by atoms with E-state index in [1.54, 1.807) is 11.3 Å². The maximum Gasteiger partial charge on any atom is 0.185 e. The van der Waals surface area contributed by atoms with Crippen LogP contribution in [0.1, 0.15) is 5.69 Å². The largest absolute Gasteiger partial charge is 0.350 e. The number of nitrogens with zero attached hydrogens (tertiary/aromatic N) is 2. The lowest BCUT2D eigenvalue weighted by Crippen LogP contribution is -2.18. The predicted molar refractivity (Wildman–Crippen MR) is 59.0 cm³/mol. The molecular weight excluding hydrogens is 271 g/mol. The second-order valence-electron chi connectivity index (χ2n) is 2.38. The number of rotatable bonds is 3. The van der Waals surface area contributed by atoms with E-state index < -0.39 is 0 Å². The van der Waals surface area contributed by atoms with Crippen molar-refractivity contribution in [2.75, 3.05) is 22.9 Å². The van der Waals surface area contributed by atoms with Gasteiger partial charge >= 0.3 is 0 Å². The molecule has 0 saturated carbocycles. The molecule has 0 spiro atoms. The van der Waals surface area contributed by atoms with Gasteiger partial charge in [-0.25, -0.2) is 4.98 Å². The van der Waals surface area contributed by atoms with Crippen LogP contribution in [0.5, 0.6) is 0 Å². The Morgan fingerprint density at radius 3 is 2.91 bits per heavy atom. The van der Waals surface area contributed by atoms with Gasteiger partial charge in [0.2, 0.25) is 0 Å². The minimum atomic E-state index is 1.08. The van der Waals surface area contributed by atoms with Gasteiger partial charge in [-0.05, 0) is 6.92 Å². The lowest BCUT2D eigenvalue weighted by Gasteiger charge is -2.12. The van der Waals surface area contributed by atoms with Crippen LogP contribution in [0.4, 0.5) is 5.13 Å². The summed E-state index contributed by atoms with van der Waals surface area (Å²) >= 11 is 4.08. The lowest BCUT2D eigenvalue weighted by atomic mass is 10.6. The first kappa shape index (κ1) is 9.25. The molecule has 0 N–H and O–H groups in total. The van der Waals surface area contributed by atoms with Crippen LogP contribution in [0.25, 0.3) is 0 Å². The van der Waals surface area contributed by atoms with E-state index in [2.05, 4.69) is 44.9 Å². The molecule has 62 valence electrons. The fraction of sp³-hybridized carbons (Fsp3) is 0.571. The highest BCUT2D eigenvalue weighted by molar-refractivity contribution is 14.1. The van der Waals surface area contributed by atoms with Crippen molar-refractivity contribution in [3.63, 3.8) is 0 Å².